The van der Waals surface area contributed by atoms with E-state index in [1.807, 2.05) is 0 Å². The van der Waals surface area contributed by atoms with Gasteiger partial charge in [0.05, 0.1) is 10.6 Å². The van der Waals surface area contributed by atoms with Crippen LogP contribution in [0.5, 0.6) is 0 Å². The summed E-state index contributed by atoms with van der Waals surface area (Å²) >= 11 is 5.75. The first kappa shape index (κ1) is 8.19. The van der Waals surface area contributed by atoms with Crippen molar-refractivity contribution in [3.05, 3.63) is 29.3 Å². The zero-order chi connectivity index (χ0) is 9.26. The molecule has 0 aromatic carbocycles. The molecule has 0 atom stereocenters. The second-order valence-corrected chi connectivity index (χ2v) is 2.98. The third-order valence-electron chi connectivity index (χ3n) is 1.48. The van der Waals surface area contributed by atoms with Crippen LogP contribution >= 0.6 is 11.6 Å². The number of halogens is 1. The highest BCUT2D eigenvalue weighted by Crippen LogP contribution is 2.18. The standard InChI is InChI=1S/C8H6ClN3O/c1-5-11-8(13-12-5)6-2-7(9)4-10-3-6/h2-4H,1H3. The van der Waals surface area contributed by atoms with Gasteiger partial charge in [0.25, 0.3) is 5.89 Å². The lowest BCUT2D eigenvalue weighted by atomic mass is 10.3. The predicted molar refractivity (Wildman–Crippen MR) is 47.3 cm³/mol. The van der Waals surface area contributed by atoms with Crippen molar-refractivity contribution in [2.75, 3.05) is 0 Å². The van der Waals surface area contributed by atoms with Crippen LogP contribution in [0.15, 0.2) is 23.0 Å². The van der Waals surface area contributed by atoms with Gasteiger partial charge in [0, 0.05) is 12.4 Å². The van der Waals surface area contributed by atoms with E-state index in [1.165, 1.54) is 0 Å². The highest BCUT2D eigenvalue weighted by molar-refractivity contribution is 6.30. The van der Waals surface area contributed by atoms with Gasteiger partial charge in [-0.05, 0) is 13.0 Å². The summed E-state index contributed by atoms with van der Waals surface area (Å²) in [5.41, 5.74) is 0.730. The van der Waals surface area contributed by atoms with Gasteiger partial charge in [0.2, 0.25) is 0 Å². The van der Waals surface area contributed by atoms with Gasteiger partial charge in [0.15, 0.2) is 5.82 Å². The fraction of sp³-hybridized carbons (Fsp3) is 0.125. The number of nitrogens with zero attached hydrogens (tertiary/aromatic N) is 3. The van der Waals surface area contributed by atoms with E-state index < -0.39 is 0 Å². The minimum Gasteiger partial charge on any atom is -0.334 e. The number of aromatic nitrogens is 3. The van der Waals surface area contributed by atoms with Crippen molar-refractivity contribution in [3.63, 3.8) is 0 Å². The summed E-state index contributed by atoms with van der Waals surface area (Å²) in [5.74, 6) is 1.03. The topological polar surface area (TPSA) is 51.8 Å². The van der Waals surface area contributed by atoms with Crippen LogP contribution in [0.4, 0.5) is 0 Å². The molecule has 0 aliphatic carbocycles. The Labute approximate surface area is 79.6 Å². The molecule has 0 aliphatic rings. The molecule has 0 amide bonds. The molecule has 4 nitrogen and oxygen atoms in total. The molecular weight excluding hydrogens is 190 g/mol. The second kappa shape index (κ2) is 3.14. The van der Waals surface area contributed by atoms with Crippen molar-refractivity contribution in [2.24, 2.45) is 0 Å². The smallest absolute Gasteiger partial charge is 0.259 e. The zero-order valence-corrected chi connectivity index (χ0v) is 7.62. The maximum atomic E-state index is 5.75. The molecule has 0 fully saturated rings. The molecule has 0 saturated carbocycles. The predicted octanol–water partition coefficient (Wildman–Crippen LogP) is 2.09. The summed E-state index contributed by atoms with van der Waals surface area (Å²) in [6.45, 7) is 1.75. The molecule has 0 bridgehead atoms. The summed E-state index contributed by atoms with van der Waals surface area (Å²) < 4.78 is 4.95. The van der Waals surface area contributed by atoms with Crippen molar-refractivity contribution in [2.45, 2.75) is 6.92 Å². The normalized spacial score (nSPS) is 10.3. The highest BCUT2D eigenvalue weighted by atomic mass is 35.5. The van der Waals surface area contributed by atoms with Gasteiger partial charge in [-0.3, -0.25) is 4.98 Å². The van der Waals surface area contributed by atoms with E-state index in [0.717, 1.165) is 5.56 Å². The largest absolute Gasteiger partial charge is 0.334 e. The second-order valence-electron chi connectivity index (χ2n) is 2.54. The van der Waals surface area contributed by atoms with Crippen LogP contribution < -0.4 is 0 Å². The molecule has 2 aromatic rings. The quantitative estimate of drug-likeness (QED) is 0.699. The Kier molecular flexibility index (Phi) is 1.98. The van der Waals surface area contributed by atoms with E-state index in [0.29, 0.717) is 16.7 Å². The van der Waals surface area contributed by atoms with Crippen molar-refractivity contribution < 1.29 is 4.52 Å². The SMILES string of the molecule is Cc1noc(-c2cncc(Cl)c2)n1. The average Bonchev–Trinajstić information content (AvgIpc) is 2.52. The Morgan fingerprint density at radius 3 is 2.85 bits per heavy atom. The number of rotatable bonds is 1. The maximum Gasteiger partial charge on any atom is 0.259 e. The first-order valence-corrected chi connectivity index (χ1v) is 4.05. The van der Waals surface area contributed by atoms with Crippen molar-refractivity contribution >= 4 is 11.6 Å². The zero-order valence-electron chi connectivity index (χ0n) is 6.86. The van der Waals surface area contributed by atoms with Crippen molar-refractivity contribution in [1.82, 2.24) is 15.1 Å². The molecule has 13 heavy (non-hydrogen) atoms. The Bertz CT molecular complexity index is 427. The minimum absolute atomic E-state index is 0.438. The number of pyridine rings is 1. The summed E-state index contributed by atoms with van der Waals surface area (Å²) in [5, 5.41) is 4.22. The van der Waals surface area contributed by atoms with Gasteiger partial charge >= 0.3 is 0 Å². The van der Waals surface area contributed by atoms with E-state index >= 15 is 0 Å². The molecule has 2 heterocycles. The van der Waals surface area contributed by atoms with Gasteiger partial charge in [-0.2, -0.15) is 4.98 Å². The maximum absolute atomic E-state index is 5.75. The Balaban J connectivity index is 2.46. The molecule has 0 spiro atoms. The Morgan fingerprint density at radius 2 is 2.23 bits per heavy atom. The Morgan fingerprint density at radius 1 is 1.38 bits per heavy atom. The minimum atomic E-state index is 0.438. The van der Waals surface area contributed by atoms with Crippen LogP contribution in [-0.2, 0) is 0 Å². The van der Waals surface area contributed by atoms with E-state index in [1.54, 1.807) is 25.4 Å². The fourth-order valence-electron chi connectivity index (χ4n) is 0.943. The van der Waals surface area contributed by atoms with Crippen LogP contribution in [0.3, 0.4) is 0 Å². The molecule has 0 radical (unpaired) electrons. The monoisotopic (exact) mass is 195 g/mol. The van der Waals surface area contributed by atoms with E-state index in [2.05, 4.69) is 15.1 Å². The number of hydrogen-bond acceptors (Lipinski definition) is 4. The van der Waals surface area contributed by atoms with Crippen LogP contribution in [0.2, 0.25) is 5.02 Å². The molecule has 0 unspecified atom stereocenters. The molecule has 2 rings (SSSR count). The van der Waals surface area contributed by atoms with Crippen molar-refractivity contribution in [3.8, 4) is 11.5 Å². The first-order chi connectivity index (χ1) is 6.25. The van der Waals surface area contributed by atoms with Crippen LogP contribution in [-0.4, -0.2) is 15.1 Å². The van der Waals surface area contributed by atoms with Crippen LogP contribution in [0, 0.1) is 6.92 Å². The third kappa shape index (κ3) is 1.67. The lowest BCUT2D eigenvalue weighted by Gasteiger charge is -1.92. The summed E-state index contributed by atoms with van der Waals surface area (Å²) in [6, 6.07) is 1.72. The van der Waals surface area contributed by atoms with Gasteiger partial charge < -0.3 is 4.52 Å². The molecule has 0 N–H and O–H groups in total. The summed E-state index contributed by atoms with van der Waals surface area (Å²) in [7, 11) is 0. The molecular formula is C8H6ClN3O. The number of aryl methyl sites for hydroxylation is 1. The molecule has 0 saturated heterocycles. The first-order valence-electron chi connectivity index (χ1n) is 3.67. The lowest BCUT2D eigenvalue weighted by Crippen LogP contribution is -1.80. The highest BCUT2D eigenvalue weighted by Gasteiger charge is 2.06. The third-order valence-corrected chi connectivity index (χ3v) is 1.69. The van der Waals surface area contributed by atoms with Gasteiger partial charge in [-0.1, -0.05) is 16.8 Å². The van der Waals surface area contributed by atoms with E-state index in [-0.39, 0.29) is 0 Å². The van der Waals surface area contributed by atoms with E-state index in [9.17, 15) is 0 Å². The molecule has 2 aromatic heterocycles. The Hall–Kier alpha value is -1.42. The van der Waals surface area contributed by atoms with Gasteiger partial charge in [-0.15, -0.1) is 0 Å². The van der Waals surface area contributed by atoms with Gasteiger partial charge in [0.1, 0.15) is 0 Å². The van der Waals surface area contributed by atoms with E-state index in [4.69, 9.17) is 16.1 Å². The fourth-order valence-corrected chi connectivity index (χ4v) is 1.12. The van der Waals surface area contributed by atoms with Crippen molar-refractivity contribution in [1.29, 1.82) is 0 Å². The summed E-state index contributed by atoms with van der Waals surface area (Å²) in [4.78, 5) is 7.96. The molecule has 5 heteroatoms. The molecule has 0 aliphatic heterocycles. The molecule has 66 valence electrons. The van der Waals surface area contributed by atoms with Crippen LogP contribution in [0.25, 0.3) is 11.5 Å². The van der Waals surface area contributed by atoms with Crippen LogP contribution in [0.1, 0.15) is 5.82 Å². The number of hydrogen-bond donors (Lipinski definition) is 0. The average molecular weight is 196 g/mol. The lowest BCUT2D eigenvalue weighted by molar-refractivity contribution is 0.425. The van der Waals surface area contributed by atoms with Gasteiger partial charge in [-0.25, -0.2) is 0 Å². The summed E-state index contributed by atoms with van der Waals surface area (Å²) in [6.07, 6.45) is 3.17.